The average Bonchev–Trinajstić information content (AvgIpc) is 2.61. The maximum atomic E-state index is 5.52. The van der Waals surface area contributed by atoms with Gasteiger partial charge < -0.3 is 5.73 Å². The van der Waals surface area contributed by atoms with Crippen molar-refractivity contribution in [2.45, 2.75) is 13.5 Å². The van der Waals surface area contributed by atoms with E-state index >= 15 is 0 Å². The molecule has 0 bridgehead atoms. The zero-order valence-corrected chi connectivity index (χ0v) is 8.58. The highest BCUT2D eigenvalue weighted by Gasteiger charge is 2.09. The molecule has 72 valence electrons. The van der Waals surface area contributed by atoms with Crippen LogP contribution in [0.5, 0.6) is 0 Å². The molecule has 0 saturated heterocycles. The van der Waals surface area contributed by atoms with Crippen molar-refractivity contribution in [3.05, 3.63) is 29.0 Å². The number of hydrogen-bond donors (Lipinski definition) is 1. The molecule has 0 aliphatic rings. The van der Waals surface area contributed by atoms with Crippen molar-refractivity contribution in [2.75, 3.05) is 0 Å². The fourth-order valence-corrected chi connectivity index (χ4v) is 2.11. The van der Waals surface area contributed by atoms with Crippen LogP contribution in [0.1, 0.15) is 10.7 Å². The Kier molecular flexibility index (Phi) is 2.51. The van der Waals surface area contributed by atoms with Gasteiger partial charge in [0.15, 0.2) is 0 Å². The first-order valence-corrected chi connectivity index (χ1v) is 5.07. The van der Waals surface area contributed by atoms with E-state index in [1.165, 1.54) is 0 Å². The summed E-state index contributed by atoms with van der Waals surface area (Å²) in [4.78, 5) is 5.39. The number of thiazole rings is 1. The van der Waals surface area contributed by atoms with E-state index in [0.29, 0.717) is 6.54 Å². The molecule has 0 unspecified atom stereocenters. The summed E-state index contributed by atoms with van der Waals surface area (Å²) in [6.07, 6.45) is 1.66. The Balaban J connectivity index is 2.46. The van der Waals surface area contributed by atoms with Gasteiger partial charge in [-0.25, -0.2) is 4.98 Å². The van der Waals surface area contributed by atoms with Crippen LogP contribution in [0.2, 0.25) is 0 Å². The van der Waals surface area contributed by atoms with Crippen LogP contribution in [0.25, 0.3) is 10.6 Å². The van der Waals surface area contributed by atoms with Crippen molar-refractivity contribution in [1.29, 1.82) is 0 Å². The van der Waals surface area contributed by atoms with Crippen LogP contribution in [0.15, 0.2) is 18.3 Å². The van der Waals surface area contributed by atoms with Crippen molar-refractivity contribution in [3.8, 4) is 10.6 Å². The van der Waals surface area contributed by atoms with Gasteiger partial charge in [0, 0.05) is 12.7 Å². The lowest BCUT2D eigenvalue weighted by Crippen LogP contribution is -1.94. The Morgan fingerprint density at radius 1 is 1.50 bits per heavy atom. The molecular weight excluding hydrogens is 196 g/mol. The maximum Gasteiger partial charge on any atom is 0.107 e. The van der Waals surface area contributed by atoms with Gasteiger partial charge >= 0.3 is 0 Å². The van der Waals surface area contributed by atoms with Crippen LogP contribution in [0.3, 0.4) is 0 Å². The number of nitrogens with zero attached hydrogens (tertiary/aromatic N) is 3. The number of hydrogen-bond acceptors (Lipinski definition) is 5. The Morgan fingerprint density at radius 3 is 2.93 bits per heavy atom. The third kappa shape index (κ3) is 1.64. The maximum absolute atomic E-state index is 5.52. The fourth-order valence-electron chi connectivity index (χ4n) is 1.20. The highest BCUT2D eigenvalue weighted by Crippen LogP contribution is 2.27. The molecule has 0 atom stereocenters. The van der Waals surface area contributed by atoms with E-state index in [9.17, 15) is 0 Å². The first kappa shape index (κ1) is 9.23. The lowest BCUT2D eigenvalue weighted by molar-refractivity contribution is 1.02. The Morgan fingerprint density at radius 2 is 2.36 bits per heavy atom. The topological polar surface area (TPSA) is 64.7 Å². The molecule has 0 aromatic carbocycles. The summed E-state index contributed by atoms with van der Waals surface area (Å²) < 4.78 is 0. The molecule has 2 heterocycles. The Bertz CT molecular complexity index is 424. The molecule has 2 N–H and O–H groups in total. The van der Waals surface area contributed by atoms with Crippen LogP contribution in [-0.2, 0) is 6.54 Å². The summed E-state index contributed by atoms with van der Waals surface area (Å²) in [6, 6.07) is 3.79. The van der Waals surface area contributed by atoms with E-state index in [0.717, 1.165) is 21.3 Å². The molecule has 2 aromatic rings. The summed E-state index contributed by atoms with van der Waals surface area (Å²) in [5, 5.41) is 8.81. The van der Waals surface area contributed by atoms with E-state index in [1.807, 2.05) is 19.1 Å². The SMILES string of the molecule is Cc1nc(CN)sc1-c1cccnn1. The smallest absolute Gasteiger partial charge is 0.107 e. The van der Waals surface area contributed by atoms with Crippen molar-refractivity contribution in [3.63, 3.8) is 0 Å². The van der Waals surface area contributed by atoms with Crippen molar-refractivity contribution >= 4 is 11.3 Å². The molecule has 0 spiro atoms. The van der Waals surface area contributed by atoms with E-state index < -0.39 is 0 Å². The van der Waals surface area contributed by atoms with Crippen LogP contribution < -0.4 is 5.73 Å². The van der Waals surface area contributed by atoms with Crippen molar-refractivity contribution in [1.82, 2.24) is 15.2 Å². The molecule has 0 radical (unpaired) electrons. The second kappa shape index (κ2) is 3.81. The quantitative estimate of drug-likeness (QED) is 0.806. The highest BCUT2D eigenvalue weighted by atomic mass is 32.1. The number of nitrogens with two attached hydrogens (primary N) is 1. The van der Waals surface area contributed by atoms with Crippen LogP contribution in [-0.4, -0.2) is 15.2 Å². The number of aryl methyl sites for hydroxylation is 1. The first-order valence-electron chi connectivity index (χ1n) is 4.25. The van der Waals surface area contributed by atoms with Gasteiger partial charge in [-0.3, -0.25) is 0 Å². The monoisotopic (exact) mass is 206 g/mol. The third-order valence-corrected chi connectivity index (χ3v) is 3.02. The summed E-state index contributed by atoms with van der Waals surface area (Å²) in [5.41, 5.74) is 7.35. The van der Waals surface area contributed by atoms with E-state index in [1.54, 1.807) is 17.5 Å². The third-order valence-electron chi connectivity index (χ3n) is 1.82. The molecule has 4 nitrogen and oxygen atoms in total. The lowest BCUT2D eigenvalue weighted by Gasteiger charge is -1.93. The zero-order chi connectivity index (χ0) is 9.97. The standard InChI is InChI=1S/C9H10N4S/c1-6-9(14-8(5-10)12-6)7-3-2-4-11-13-7/h2-4H,5,10H2,1H3. The van der Waals surface area contributed by atoms with Crippen LogP contribution >= 0.6 is 11.3 Å². The van der Waals surface area contributed by atoms with E-state index in [-0.39, 0.29) is 0 Å². The predicted molar refractivity (Wildman–Crippen MR) is 55.8 cm³/mol. The normalized spacial score (nSPS) is 10.4. The van der Waals surface area contributed by atoms with Gasteiger partial charge in [-0.15, -0.1) is 16.4 Å². The molecule has 2 aromatic heterocycles. The molecule has 0 fully saturated rings. The number of rotatable bonds is 2. The van der Waals surface area contributed by atoms with Gasteiger partial charge in [-0.2, -0.15) is 5.10 Å². The largest absolute Gasteiger partial charge is 0.325 e. The molecule has 14 heavy (non-hydrogen) atoms. The van der Waals surface area contributed by atoms with Gasteiger partial charge in [-0.05, 0) is 19.1 Å². The molecule has 0 amide bonds. The molecule has 0 aliphatic heterocycles. The summed E-state index contributed by atoms with van der Waals surface area (Å²) in [5.74, 6) is 0. The summed E-state index contributed by atoms with van der Waals surface area (Å²) in [6.45, 7) is 2.44. The Labute approximate surface area is 85.8 Å². The highest BCUT2D eigenvalue weighted by molar-refractivity contribution is 7.15. The molecular formula is C9H10N4S. The summed E-state index contributed by atoms with van der Waals surface area (Å²) >= 11 is 1.57. The van der Waals surface area contributed by atoms with Gasteiger partial charge in [0.05, 0.1) is 10.6 Å². The van der Waals surface area contributed by atoms with Crippen molar-refractivity contribution < 1.29 is 0 Å². The zero-order valence-electron chi connectivity index (χ0n) is 7.77. The second-order valence-corrected chi connectivity index (χ2v) is 3.92. The van der Waals surface area contributed by atoms with Crippen LogP contribution in [0, 0.1) is 6.92 Å². The van der Waals surface area contributed by atoms with E-state index in [4.69, 9.17) is 5.73 Å². The first-order chi connectivity index (χ1) is 6.81. The predicted octanol–water partition coefficient (Wildman–Crippen LogP) is 1.37. The molecule has 0 saturated carbocycles. The van der Waals surface area contributed by atoms with Gasteiger partial charge in [-0.1, -0.05) is 0 Å². The summed E-state index contributed by atoms with van der Waals surface area (Å²) in [7, 11) is 0. The lowest BCUT2D eigenvalue weighted by atomic mass is 10.3. The number of aromatic nitrogens is 3. The van der Waals surface area contributed by atoms with Crippen LogP contribution in [0.4, 0.5) is 0 Å². The van der Waals surface area contributed by atoms with Crippen molar-refractivity contribution in [2.24, 2.45) is 5.73 Å². The minimum atomic E-state index is 0.478. The molecule has 2 rings (SSSR count). The van der Waals surface area contributed by atoms with Gasteiger partial charge in [0.25, 0.3) is 0 Å². The van der Waals surface area contributed by atoms with E-state index in [2.05, 4.69) is 15.2 Å². The second-order valence-electron chi connectivity index (χ2n) is 2.84. The molecule has 0 aliphatic carbocycles. The molecule has 5 heteroatoms. The van der Waals surface area contributed by atoms with Gasteiger partial charge in [0.1, 0.15) is 10.7 Å². The average molecular weight is 206 g/mol. The minimum absolute atomic E-state index is 0.478. The minimum Gasteiger partial charge on any atom is -0.325 e. The Hall–Kier alpha value is -1.33. The fraction of sp³-hybridized carbons (Fsp3) is 0.222. The van der Waals surface area contributed by atoms with Gasteiger partial charge in [0.2, 0.25) is 0 Å².